The quantitative estimate of drug-likeness (QED) is 0.415. The predicted octanol–water partition coefficient (Wildman–Crippen LogP) is 4.69. The zero-order chi connectivity index (χ0) is 11.1. The molecule has 0 spiro atoms. The molecule has 0 aliphatic heterocycles. The Balaban J connectivity index is 2.64. The first-order valence-electron chi connectivity index (χ1n) is 4.89. The largest absolute Gasteiger partial charge is 0.242 e. The Labute approximate surface area is 103 Å². The van der Waals surface area contributed by atoms with Crippen molar-refractivity contribution in [2.24, 2.45) is 0 Å². The summed E-state index contributed by atoms with van der Waals surface area (Å²) in [5.41, 5.74) is 0. The van der Waals surface area contributed by atoms with Gasteiger partial charge in [-0.3, -0.25) is 0 Å². The van der Waals surface area contributed by atoms with Crippen molar-refractivity contribution in [3.63, 3.8) is 0 Å². The van der Waals surface area contributed by atoms with E-state index in [9.17, 15) is 0 Å². The number of halogens is 2. The summed E-state index contributed by atoms with van der Waals surface area (Å²) >= 11 is 12.2. The van der Waals surface area contributed by atoms with Crippen LogP contribution < -0.4 is 0 Å². The molecule has 1 nitrogen and oxygen atoms in total. The van der Waals surface area contributed by atoms with E-state index in [1.165, 1.54) is 0 Å². The Bertz CT molecular complexity index is 692. The van der Waals surface area contributed by atoms with Gasteiger partial charge in [-0.15, -0.1) is 0 Å². The molecule has 0 aliphatic carbocycles. The summed E-state index contributed by atoms with van der Waals surface area (Å²) in [6.45, 7) is 0. The van der Waals surface area contributed by atoms with Crippen molar-refractivity contribution in [1.29, 1.82) is 0 Å². The number of nitrogens with zero attached hydrogens (tertiary/aromatic N) is 1. The van der Waals surface area contributed by atoms with Gasteiger partial charge in [0.25, 0.3) is 0 Å². The van der Waals surface area contributed by atoms with Crippen molar-refractivity contribution in [3.05, 3.63) is 52.8 Å². The maximum Gasteiger partial charge on any atom is 0.137 e. The Morgan fingerprint density at radius 3 is 2.56 bits per heavy atom. The monoisotopic (exact) mass is 247 g/mol. The molecule has 78 valence electrons. The van der Waals surface area contributed by atoms with Crippen molar-refractivity contribution < 1.29 is 0 Å². The van der Waals surface area contributed by atoms with Crippen LogP contribution in [0.4, 0.5) is 0 Å². The van der Waals surface area contributed by atoms with Gasteiger partial charge in [0.1, 0.15) is 5.15 Å². The molecule has 2 aromatic carbocycles. The van der Waals surface area contributed by atoms with Crippen LogP contribution in [0.15, 0.2) is 42.6 Å². The number of pyridine rings is 1. The highest BCUT2D eigenvalue weighted by Crippen LogP contribution is 2.33. The lowest BCUT2D eigenvalue weighted by molar-refractivity contribution is 1.37. The SMILES string of the molecule is Clc1cnc(Cl)c2c1ccc1ccccc12. The van der Waals surface area contributed by atoms with Crippen LogP contribution in [0, 0.1) is 0 Å². The molecule has 0 unspecified atom stereocenters. The molecular formula is C13H7Cl2N. The van der Waals surface area contributed by atoms with E-state index in [4.69, 9.17) is 23.2 Å². The second-order valence-corrected chi connectivity index (χ2v) is 4.37. The molecule has 3 heteroatoms. The Morgan fingerprint density at radius 1 is 0.875 bits per heavy atom. The fourth-order valence-electron chi connectivity index (χ4n) is 1.94. The second kappa shape index (κ2) is 3.62. The molecule has 0 radical (unpaired) electrons. The van der Waals surface area contributed by atoms with E-state index in [0.29, 0.717) is 10.2 Å². The van der Waals surface area contributed by atoms with Crippen LogP contribution >= 0.6 is 23.2 Å². The molecule has 0 fully saturated rings. The standard InChI is InChI=1S/C13H7Cl2N/c14-11-7-16-13(15)12-9-4-2-1-3-8(9)5-6-10(11)12/h1-7H. The summed E-state index contributed by atoms with van der Waals surface area (Å²) in [4.78, 5) is 4.09. The van der Waals surface area contributed by atoms with Crippen molar-refractivity contribution in [2.75, 3.05) is 0 Å². The minimum atomic E-state index is 0.496. The van der Waals surface area contributed by atoms with E-state index >= 15 is 0 Å². The van der Waals surface area contributed by atoms with Gasteiger partial charge in [-0.25, -0.2) is 4.98 Å². The smallest absolute Gasteiger partial charge is 0.137 e. The van der Waals surface area contributed by atoms with Crippen LogP contribution in [0.3, 0.4) is 0 Å². The molecule has 0 bridgehead atoms. The van der Waals surface area contributed by atoms with Gasteiger partial charge in [0.05, 0.1) is 5.02 Å². The maximum absolute atomic E-state index is 6.14. The van der Waals surface area contributed by atoms with E-state index < -0.39 is 0 Å². The van der Waals surface area contributed by atoms with Crippen LogP contribution in [0.2, 0.25) is 10.2 Å². The van der Waals surface area contributed by atoms with E-state index in [-0.39, 0.29) is 0 Å². The number of rotatable bonds is 0. The van der Waals surface area contributed by atoms with Crippen molar-refractivity contribution >= 4 is 44.7 Å². The van der Waals surface area contributed by atoms with Crippen LogP contribution in [-0.2, 0) is 0 Å². The lowest BCUT2D eigenvalue weighted by Crippen LogP contribution is -1.83. The van der Waals surface area contributed by atoms with Crippen molar-refractivity contribution in [3.8, 4) is 0 Å². The van der Waals surface area contributed by atoms with Gasteiger partial charge >= 0.3 is 0 Å². The molecule has 3 aromatic rings. The average molecular weight is 248 g/mol. The van der Waals surface area contributed by atoms with Gasteiger partial charge in [0, 0.05) is 17.0 Å². The molecule has 0 aliphatic rings. The lowest BCUT2D eigenvalue weighted by atomic mass is 10.0. The van der Waals surface area contributed by atoms with E-state index in [1.54, 1.807) is 6.20 Å². The fourth-order valence-corrected chi connectivity index (χ4v) is 2.40. The zero-order valence-electron chi connectivity index (χ0n) is 8.24. The lowest BCUT2D eigenvalue weighted by Gasteiger charge is -2.06. The third kappa shape index (κ3) is 1.36. The molecule has 0 saturated heterocycles. The Hall–Kier alpha value is -1.31. The first kappa shape index (κ1) is 9.88. The Morgan fingerprint density at radius 2 is 1.69 bits per heavy atom. The highest BCUT2D eigenvalue weighted by atomic mass is 35.5. The van der Waals surface area contributed by atoms with Gasteiger partial charge in [-0.05, 0) is 10.8 Å². The molecule has 16 heavy (non-hydrogen) atoms. The van der Waals surface area contributed by atoms with E-state index in [0.717, 1.165) is 21.5 Å². The maximum atomic E-state index is 6.14. The first-order valence-corrected chi connectivity index (χ1v) is 5.64. The normalized spacial score (nSPS) is 11.1. The number of fused-ring (bicyclic) bond motifs is 3. The van der Waals surface area contributed by atoms with Gasteiger partial charge in [0.2, 0.25) is 0 Å². The average Bonchev–Trinajstić information content (AvgIpc) is 2.33. The van der Waals surface area contributed by atoms with Gasteiger partial charge in [-0.2, -0.15) is 0 Å². The summed E-state index contributed by atoms with van der Waals surface area (Å²) < 4.78 is 0. The molecule has 1 heterocycles. The predicted molar refractivity (Wildman–Crippen MR) is 69.3 cm³/mol. The van der Waals surface area contributed by atoms with E-state index in [1.807, 2.05) is 36.4 Å². The molecule has 1 aromatic heterocycles. The van der Waals surface area contributed by atoms with Crippen LogP contribution in [0.25, 0.3) is 21.5 Å². The molecule has 0 amide bonds. The molecule has 0 saturated carbocycles. The minimum absolute atomic E-state index is 0.496. The third-order valence-electron chi connectivity index (χ3n) is 2.68. The number of hydrogen-bond donors (Lipinski definition) is 0. The second-order valence-electron chi connectivity index (χ2n) is 3.61. The Kier molecular flexibility index (Phi) is 2.23. The van der Waals surface area contributed by atoms with Crippen LogP contribution in [-0.4, -0.2) is 4.98 Å². The third-order valence-corrected chi connectivity index (χ3v) is 3.27. The minimum Gasteiger partial charge on any atom is -0.242 e. The van der Waals surface area contributed by atoms with Crippen LogP contribution in [0.1, 0.15) is 0 Å². The topological polar surface area (TPSA) is 12.9 Å². The van der Waals surface area contributed by atoms with Crippen LogP contribution in [0.5, 0.6) is 0 Å². The molecule has 3 rings (SSSR count). The molecule has 0 N–H and O–H groups in total. The van der Waals surface area contributed by atoms with Gasteiger partial charge in [0.15, 0.2) is 0 Å². The first-order chi connectivity index (χ1) is 7.77. The molecular weight excluding hydrogens is 241 g/mol. The summed E-state index contributed by atoms with van der Waals surface area (Å²) in [5, 5.41) is 5.22. The summed E-state index contributed by atoms with van der Waals surface area (Å²) in [7, 11) is 0. The number of hydrogen-bond acceptors (Lipinski definition) is 1. The highest BCUT2D eigenvalue weighted by molar-refractivity contribution is 6.41. The van der Waals surface area contributed by atoms with Crippen molar-refractivity contribution in [2.45, 2.75) is 0 Å². The summed E-state index contributed by atoms with van der Waals surface area (Å²) in [6.07, 6.45) is 1.58. The zero-order valence-corrected chi connectivity index (χ0v) is 9.76. The number of aromatic nitrogens is 1. The summed E-state index contributed by atoms with van der Waals surface area (Å²) in [5.74, 6) is 0. The van der Waals surface area contributed by atoms with Crippen molar-refractivity contribution in [1.82, 2.24) is 4.98 Å². The highest BCUT2D eigenvalue weighted by Gasteiger charge is 2.07. The van der Waals surface area contributed by atoms with E-state index in [2.05, 4.69) is 4.98 Å². The summed E-state index contributed by atoms with van der Waals surface area (Å²) in [6, 6.07) is 12.1. The van der Waals surface area contributed by atoms with Gasteiger partial charge < -0.3 is 0 Å². The van der Waals surface area contributed by atoms with Gasteiger partial charge in [-0.1, -0.05) is 59.6 Å². The fraction of sp³-hybridized carbons (Fsp3) is 0. The number of benzene rings is 2. The molecule has 0 atom stereocenters.